The van der Waals surface area contributed by atoms with E-state index in [0.717, 1.165) is 23.6 Å². The van der Waals surface area contributed by atoms with Crippen molar-refractivity contribution < 1.29 is 9.84 Å². The highest BCUT2D eigenvalue weighted by Gasteiger charge is 2.19. The first kappa shape index (κ1) is 13.4. The molecule has 0 atom stereocenters. The highest BCUT2D eigenvalue weighted by molar-refractivity contribution is 7.80. The van der Waals surface area contributed by atoms with Crippen molar-refractivity contribution in [2.45, 2.75) is 19.8 Å². The Morgan fingerprint density at radius 1 is 1.44 bits per heavy atom. The summed E-state index contributed by atoms with van der Waals surface area (Å²) < 4.78 is 5.36. The number of rotatable bonds is 3. The molecule has 1 fully saturated rings. The highest BCUT2D eigenvalue weighted by Crippen LogP contribution is 2.35. The molecule has 3 nitrogen and oxygen atoms in total. The Balaban J connectivity index is 2.29. The van der Waals surface area contributed by atoms with E-state index in [9.17, 15) is 5.11 Å². The molecule has 98 valence electrons. The van der Waals surface area contributed by atoms with Gasteiger partial charge < -0.3 is 14.7 Å². The van der Waals surface area contributed by atoms with Crippen LogP contribution in [0.4, 0.5) is 0 Å². The van der Waals surface area contributed by atoms with Crippen LogP contribution in [0.1, 0.15) is 25.3 Å². The van der Waals surface area contributed by atoms with Gasteiger partial charge in [-0.05, 0) is 31.9 Å². The molecule has 18 heavy (non-hydrogen) atoms. The Kier molecular flexibility index (Phi) is 4.30. The maximum atomic E-state index is 9.79. The molecule has 0 aliphatic carbocycles. The van der Waals surface area contributed by atoms with Crippen molar-refractivity contribution in [1.29, 1.82) is 0 Å². The molecule has 2 rings (SSSR count). The number of phenols is 1. The van der Waals surface area contributed by atoms with Crippen LogP contribution in [0.3, 0.4) is 0 Å². The van der Waals surface area contributed by atoms with Crippen LogP contribution in [-0.4, -0.2) is 34.7 Å². The Hall–Kier alpha value is -1.00. The molecular formula is C13H16ClNO2S. The minimum absolute atomic E-state index is 0.0218. The van der Waals surface area contributed by atoms with Crippen molar-refractivity contribution in [2.24, 2.45) is 0 Å². The third-order valence-corrected chi connectivity index (χ3v) is 3.75. The predicted octanol–water partition coefficient (Wildman–Crippen LogP) is 3.22. The summed E-state index contributed by atoms with van der Waals surface area (Å²) in [6, 6.07) is 3.45. The van der Waals surface area contributed by atoms with Crippen molar-refractivity contribution in [3.05, 3.63) is 22.7 Å². The average Bonchev–Trinajstić information content (AvgIpc) is 2.87. The molecule has 1 N–H and O–H groups in total. The molecule has 1 aliphatic rings. The zero-order valence-electron chi connectivity index (χ0n) is 10.3. The van der Waals surface area contributed by atoms with Gasteiger partial charge in [-0.2, -0.15) is 0 Å². The minimum atomic E-state index is -0.0218. The van der Waals surface area contributed by atoms with Gasteiger partial charge in [-0.15, -0.1) is 0 Å². The molecule has 0 amide bonds. The monoisotopic (exact) mass is 285 g/mol. The van der Waals surface area contributed by atoms with Crippen LogP contribution in [0.5, 0.6) is 11.5 Å². The third-order valence-electron chi connectivity index (χ3n) is 2.97. The maximum absolute atomic E-state index is 9.79. The molecule has 1 aromatic rings. The van der Waals surface area contributed by atoms with Gasteiger partial charge in [0.2, 0.25) is 0 Å². The molecule has 5 heteroatoms. The van der Waals surface area contributed by atoms with Gasteiger partial charge in [0.1, 0.15) is 4.99 Å². The molecule has 1 saturated heterocycles. The molecule has 1 heterocycles. The fourth-order valence-corrected chi connectivity index (χ4v) is 2.58. The number of halogens is 1. The van der Waals surface area contributed by atoms with Crippen molar-refractivity contribution in [1.82, 2.24) is 4.90 Å². The summed E-state index contributed by atoms with van der Waals surface area (Å²) >= 11 is 11.5. The van der Waals surface area contributed by atoms with Crippen LogP contribution in [0.25, 0.3) is 0 Å². The Morgan fingerprint density at radius 3 is 2.72 bits per heavy atom. The van der Waals surface area contributed by atoms with Crippen molar-refractivity contribution in [3.63, 3.8) is 0 Å². The van der Waals surface area contributed by atoms with E-state index in [4.69, 9.17) is 28.6 Å². The summed E-state index contributed by atoms with van der Waals surface area (Å²) in [6.07, 6.45) is 2.34. The number of aromatic hydroxyl groups is 1. The van der Waals surface area contributed by atoms with Gasteiger partial charge >= 0.3 is 0 Å². The van der Waals surface area contributed by atoms with E-state index >= 15 is 0 Å². The standard InChI is InChI=1S/C13H16ClNO2S/c1-2-17-11-8-9(7-10(14)12(11)16)13(18)15-5-3-4-6-15/h7-8,16H,2-6H2,1H3. The minimum Gasteiger partial charge on any atom is -0.503 e. The van der Waals surface area contributed by atoms with E-state index in [1.807, 2.05) is 6.92 Å². The van der Waals surface area contributed by atoms with E-state index in [-0.39, 0.29) is 10.8 Å². The van der Waals surface area contributed by atoms with Crippen LogP contribution in [0.2, 0.25) is 5.02 Å². The first-order chi connectivity index (χ1) is 8.63. The lowest BCUT2D eigenvalue weighted by molar-refractivity contribution is 0.318. The van der Waals surface area contributed by atoms with Crippen LogP contribution in [0, 0.1) is 0 Å². The number of phenolic OH excluding ortho intramolecular Hbond substituents is 1. The fourth-order valence-electron chi connectivity index (χ4n) is 2.07. The van der Waals surface area contributed by atoms with E-state index in [1.165, 1.54) is 12.8 Å². The van der Waals surface area contributed by atoms with Crippen LogP contribution >= 0.6 is 23.8 Å². The first-order valence-electron chi connectivity index (χ1n) is 6.08. The van der Waals surface area contributed by atoms with E-state index in [2.05, 4.69) is 4.90 Å². The average molecular weight is 286 g/mol. The number of hydrogen-bond acceptors (Lipinski definition) is 3. The van der Waals surface area contributed by atoms with Gasteiger partial charge in [0.05, 0.1) is 11.6 Å². The number of hydrogen-bond donors (Lipinski definition) is 1. The summed E-state index contributed by atoms with van der Waals surface area (Å²) in [4.78, 5) is 2.93. The normalized spacial score (nSPS) is 14.9. The summed E-state index contributed by atoms with van der Waals surface area (Å²) in [6.45, 7) is 4.31. The van der Waals surface area contributed by atoms with Gasteiger partial charge in [-0.25, -0.2) is 0 Å². The summed E-state index contributed by atoms with van der Waals surface area (Å²) in [5.74, 6) is 0.369. The lowest BCUT2D eigenvalue weighted by atomic mass is 10.2. The van der Waals surface area contributed by atoms with E-state index in [1.54, 1.807) is 12.1 Å². The lowest BCUT2D eigenvalue weighted by Crippen LogP contribution is -2.26. The zero-order chi connectivity index (χ0) is 13.1. The van der Waals surface area contributed by atoms with Gasteiger partial charge in [-0.3, -0.25) is 0 Å². The number of benzene rings is 1. The smallest absolute Gasteiger partial charge is 0.176 e. The molecule has 1 aromatic carbocycles. The Bertz CT molecular complexity index is 459. The largest absolute Gasteiger partial charge is 0.503 e. The molecule has 0 bridgehead atoms. The van der Waals surface area contributed by atoms with Gasteiger partial charge in [0.15, 0.2) is 11.5 Å². The second kappa shape index (κ2) is 5.76. The van der Waals surface area contributed by atoms with E-state index < -0.39 is 0 Å². The van der Waals surface area contributed by atoms with Crippen molar-refractivity contribution in [3.8, 4) is 11.5 Å². The highest BCUT2D eigenvalue weighted by atomic mass is 35.5. The Labute approximate surface area is 117 Å². The van der Waals surface area contributed by atoms with Gasteiger partial charge in [-0.1, -0.05) is 23.8 Å². The molecule has 0 aromatic heterocycles. The van der Waals surface area contributed by atoms with Crippen LogP contribution in [0.15, 0.2) is 12.1 Å². The number of likely N-dealkylation sites (tertiary alicyclic amines) is 1. The molecule has 0 radical (unpaired) electrons. The van der Waals surface area contributed by atoms with Crippen molar-refractivity contribution in [2.75, 3.05) is 19.7 Å². The third kappa shape index (κ3) is 2.70. The summed E-state index contributed by atoms with van der Waals surface area (Å²) in [7, 11) is 0. The molecule has 0 unspecified atom stereocenters. The lowest BCUT2D eigenvalue weighted by Gasteiger charge is -2.19. The van der Waals surface area contributed by atoms with Crippen LogP contribution < -0.4 is 4.74 Å². The Morgan fingerprint density at radius 2 is 2.11 bits per heavy atom. The fraction of sp³-hybridized carbons (Fsp3) is 0.462. The number of nitrogens with zero attached hydrogens (tertiary/aromatic N) is 1. The summed E-state index contributed by atoms with van der Waals surface area (Å²) in [5, 5.41) is 10.1. The van der Waals surface area contributed by atoms with Gasteiger partial charge in [0.25, 0.3) is 0 Å². The molecule has 1 aliphatic heterocycles. The van der Waals surface area contributed by atoms with Crippen LogP contribution in [-0.2, 0) is 0 Å². The predicted molar refractivity (Wildman–Crippen MR) is 76.8 cm³/mol. The van der Waals surface area contributed by atoms with Gasteiger partial charge in [0, 0.05) is 18.7 Å². The quantitative estimate of drug-likeness (QED) is 0.865. The van der Waals surface area contributed by atoms with E-state index in [0.29, 0.717) is 12.4 Å². The molecular weight excluding hydrogens is 270 g/mol. The second-order valence-electron chi connectivity index (χ2n) is 4.24. The van der Waals surface area contributed by atoms with Crippen molar-refractivity contribution >= 4 is 28.8 Å². The number of thiocarbonyl (C=S) groups is 1. The topological polar surface area (TPSA) is 32.7 Å². The molecule has 0 spiro atoms. The zero-order valence-corrected chi connectivity index (χ0v) is 11.9. The second-order valence-corrected chi connectivity index (χ2v) is 5.03. The SMILES string of the molecule is CCOc1cc(C(=S)N2CCCC2)cc(Cl)c1O. The number of ether oxygens (including phenoxy) is 1. The first-order valence-corrected chi connectivity index (χ1v) is 6.86. The summed E-state index contributed by atoms with van der Waals surface area (Å²) in [5.41, 5.74) is 0.832. The molecule has 0 saturated carbocycles. The maximum Gasteiger partial charge on any atom is 0.176 e.